The predicted molar refractivity (Wildman–Crippen MR) is 62.2 cm³/mol. The molecule has 0 spiro atoms. The van der Waals surface area contributed by atoms with Crippen LogP contribution < -0.4 is 10.7 Å². The van der Waals surface area contributed by atoms with Gasteiger partial charge in [0.2, 0.25) is 0 Å². The molecular weight excluding hydrogens is 214 g/mol. The lowest BCUT2D eigenvalue weighted by Crippen LogP contribution is -2.28. The zero-order chi connectivity index (χ0) is 11.3. The second kappa shape index (κ2) is 5.16. The Bertz CT molecular complexity index is 393. The fraction of sp³-hybridized carbons (Fsp3) is 0.111. The van der Waals surface area contributed by atoms with E-state index in [1.165, 1.54) is 18.3 Å². The third kappa shape index (κ3) is 3.43. The topological polar surface area (TPSA) is 76.9 Å². The molecule has 0 unspecified atom stereocenters. The Hall–Kier alpha value is -1.82. The smallest absolute Gasteiger partial charge is 0.186 e. The first kappa shape index (κ1) is 11.3. The third-order valence-electron chi connectivity index (χ3n) is 1.61. The number of hydrazone groups is 1. The minimum Gasteiger partial charge on any atom is -0.504 e. The molecule has 80 valence electrons. The van der Waals surface area contributed by atoms with Crippen LogP contribution in [0, 0.1) is 0 Å². The van der Waals surface area contributed by atoms with Gasteiger partial charge in [0, 0.05) is 7.05 Å². The monoisotopic (exact) mass is 225 g/mol. The highest BCUT2D eigenvalue weighted by Gasteiger charge is 1.97. The Kier molecular flexibility index (Phi) is 3.87. The van der Waals surface area contributed by atoms with Crippen LogP contribution >= 0.6 is 12.2 Å². The first-order chi connectivity index (χ1) is 7.13. The lowest BCUT2D eigenvalue weighted by molar-refractivity contribution is 0.403. The van der Waals surface area contributed by atoms with Crippen LogP contribution in [-0.2, 0) is 0 Å². The maximum Gasteiger partial charge on any atom is 0.186 e. The lowest BCUT2D eigenvalue weighted by atomic mass is 10.2. The van der Waals surface area contributed by atoms with E-state index in [1.807, 2.05) is 0 Å². The molecule has 0 aliphatic heterocycles. The molecule has 1 rings (SSSR count). The van der Waals surface area contributed by atoms with Crippen LogP contribution in [0.1, 0.15) is 5.56 Å². The van der Waals surface area contributed by atoms with Gasteiger partial charge in [-0.1, -0.05) is 0 Å². The summed E-state index contributed by atoms with van der Waals surface area (Å²) in [6.07, 6.45) is 1.48. The molecule has 4 N–H and O–H groups in total. The standard InChI is InChI=1S/C9H11N3O2S/c1-10-9(15)12-11-5-6-2-3-7(13)8(14)4-6/h2-5,13-14H,1H3,(H2,10,12,15)/b11-5+. The molecule has 0 aliphatic rings. The number of rotatable bonds is 2. The first-order valence-electron chi connectivity index (χ1n) is 4.16. The lowest BCUT2D eigenvalue weighted by Gasteiger charge is -2.00. The summed E-state index contributed by atoms with van der Waals surface area (Å²) in [5, 5.41) is 25.1. The predicted octanol–water partition coefficient (Wildman–Crippen LogP) is 0.526. The molecule has 0 aliphatic carbocycles. The highest BCUT2D eigenvalue weighted by atomic mass is 32.1. The highest BCUT2D eigenvalue weighted by Crippen LogP contribution is 2.23. The summed E-state index contributed by atoms with van der Waals surface area (Å²) < 4.78 is 0. The number of nitrogens with zero attached hydrogens (tertiary/aromatic N) is 1. The number of phenols is 2. The summed E-state index contributed by atoms with van der Waals surface area (Å²) >= 11 is 4.79. The molecule has 1 aromatic rings. The van der Waals surface area contributed by atoms with Crippen LogP contribution in [0.5, 0.6) is 11.5 Å². The van der Waals surface area contributed by atoms with E-state index >= 15 is 0 Å². The molecule has 0 saturated carbocycles. The van der Waals surface area contributed by atoms with E-state index in [0.717, 1.165) is 0 Å². The van der Waals surface area contributed by atoms with E-state index in [1.54, 1.807) is 13.1 Å². The fourth-order valence-electron chi connectivity index (χ4n) is 0.842. The minimum absolute atomic E-state index is 0.161. The van der Waals surface area contributed by atoms with Gasteiger partial charge >= 0.3 is 0 Å². The van der Waals surface area contributed by atoms with Gasteiger partial charge in [-0.05, 0) is 36.0 Å². The summed E-state index contributed by atoms with van der Waals surface area (Å²) in [4.78, 5) is 0. The summed E-state index contributed by atoms with van der Waals surface area (Å²) in [7, 11) is 1.68. The molecule has 0 bridgehead atoms. The van der Waals surface area contributed by atoms with Gasteiger partial charge in [0.15, 0.2) is 16.6 Å². The van der Waals surface area contributed by atoms with Crippen molar-refractivity contribution < 1.29 is 10.2 Å². The van der Waals surface area contributed by atoms with Crippen LogP contribution in [0.4, 0.5) is 0 Å². The summed E-state index contributed by atoms with van der Waals surface area (Å²) in [6, 6.07) is 4.39. The zero-order valence-electron chi connectivity index (χ0n) is 8.06. The summed E-state index contributed by atoms with van der Waals surface area (Å²) in [5.41, 5.74) is 3.21. The van der Waals surface area contributed by atoms with Gasteiger partial charge in [0.25, 0.3) is 0 Å². The molecule has 0 amide bonds. The molecule has 0 radical (unpaired) electrons. The van der Waals surface area contributed by atoms with Crippen LogP contribution in [0.25, 0.3) is 0 Å². The average molecular weight is 225 g/mol. The zero-order valence-corrected chi connectivity index (χ0v) is 8.88. The minimum atomic E-state index is -0.185. The number of benzene rings is 1. The van der Waals surface area contributed by atoms with Crippen molar-refractivity contribution >= 4 is 23.5 Å². The van der Waals surface area contributed by atoms with Crippen molar-refractivity contribution in [3.05, 3.63) is 23.8 Å². The molecule has 0 aromatic heterocycles. The van der Waals surface area contributed by atoms with Gasteiger partial charge in [-0.2, -0.15) is 5.10 Å². The number of nitrogens with one attached hydrogen (secondary N) is 2. The SMILES string of the molecule is CNC(=S)N/N=C/c1ccc(O)c(O)c1. The van der Waals surface area contributed by atoms with Gasteiger partial charge in [0.05, 0.1) is 6.21 Å². The second-order valence-electron chi connectivity index (χ2n) is 2.70. The van der Waals surface area contributed by atoms with E-state index in [2.05, 4.69) is 15.8 Å². The van der Waals surface area contributed by atoms with Crippen LogP contribution in [0.2, 0.25) is 0 Å². The number of thiocarbonyl (C=S) groups is 1. The number of hydrogen-bond donors (Lipinski definition) is 4. The summed E-state index contributed by atoms with van der Waals surface area (Å²) in [6.45, 7) is 0. The van der Waals surface area contributed by atoms with Gasteiger partial charge in [-0.15, -0.1) is 0 Å². The van der Waals surface area contributed by atoms with Gasteiger partial charge < -0.3 is 15.5 Å². The number of hydrogen-bond acceptors (Lipinski definition) is 4. The quantitative estimate of drug-likeness (QED) is 0.255. The van der Waals surface area contributed by atoms with Crippen molar-refractivity contribution in [3.63, 3.8) is 0 Å². The Morgan fingerprint density at radius 3 is 2.73 bits per heavy atom. The Balaban J connectivity index is 2.65. The van der Waals surface area contributed by atoms with E-state index in [-0.39, 0.29) is 11.5 Å². The number of phenolic OH excluding ortho intramolecular Hbond substituents is 2. The van der Waals surface area contributed by atoms with Crippen molar-refractivity contribution in [2.45, 2.75) is 0 Å². The summed E-state index contributed by atoms with van der Waals surface area (Å²) in [5.74, 6) is -0.346. The molecule has 5 nitrogen and oxygen atoms in total. The second-order valence-corrected chi connectivity index (χ2v) is 3.11. The van der Waals surface area contributed by atoms with Crippen LogP contribution in [-0.4, -0.2) is 28.6 Å². The maximum absolute atomic E-state index is 9.18. The number of aromatic hydroxyl groups is 2. The first-order valence-corrected chi connectivity index (χ1v) is 4.57. The highest BCUT2D eigenvalue weighted by molar-refractivity contribution is 7.80. The molecule has 0 fully saturated rings. The Morgan fingerprint density at radius 1 is 1.40 bits per heavy atom. The van der Waals surface area contributed by atoms with E-state index in [9.17, 15) is 5.11 Å². The van der Waals surface area contributed by atoms with Crippen molar-refractivity contribution in [2.75, 3.05) is 7.05 Å². The molecule has 6 heteroatoms. The molecule has 0 atom stereocenters. The average Bonchev–Trinajstić information content (AvgIpc) is 2.23. The van der Waals surface area contributed by atoms with E-state index in [0.29, 0.717) is 10.7 Å². The van der Waals surface area contributed by atoms with Crippen molar-refractivity contribution in [1.82, 2.24) is 10.7 Å². The van der Waals surface area contributed by atoms with Gasteiger partial charge in [0.1, 0.15) is 0 Å². The maximum atomic E-state index is 9.18. The van der Waals surface area contributed by atoms with Crippen molar-refractivity contribution in [1.29, 1.82) is 0 Å². The Morgan fingerprint density at radius 2 is 2.13 bits per heavy atom. The third-order valence-corrected chi connectivity index (χ3v) is 1.90. The van der Waals surface area contributed by atoms with Crippen molar-refractivity contribution in [3.8, 4) is 11.5 Å². The van der Waals surface area contributed by atoms with Crippen molar-refractivity contribution in [2.24, 2.45) is 5.10 Å². The normalized spacial score (nSPS) is 10.2. The molecular formula is C9H11N3O2S. The molecule has 0 heterocycles. The molecule has 1 aromatic carbocycles. The Labute approximate surface area is 92.4 Å². The van der Waals surface area contributed by atoms with Gasteiger partial charge in [-0.25, -0.2) is 0 Å². The fourth-order valence-corrected chi connectivity index (χ4v) is 0.895. The largest absolute Gasteiger partial charge is 0.504 e. The molecule has 15 heavy (non-hydrogen) atoms. The van der Waals surface area contributed by atoms with Crippen LogP contribution in [0.15, 0.2) is 23.3 Å². The van der Waals surface area contributed by atoms with Gasteiger partial charge in [-0.3, -0.25) is 5.43 Å². The van der Waals surface area contributed by atoms with E-state index < -0.39 is 0 Å². The molecule has 0 saturated heterocycles. The van der Waals surface area contributed by atoms with E-state index in [4.69, 9.17) is 17.3 Å². The van der Waals surface area contributed by atoms with Crippen LogP contribution in [0.3, 0.4) is 0 Å².